The van der Waals surface area contributed by atoms with Crippen LogP contribution in [0.1, 0.15) is 30.4 Å². The molecule has 0 aliphatic carbocycles. The van der Waals surface area contributed by atoms with Crippen molar-refractivity contribution in [3.05, 3.63) is 29.3 Å². The van der Waals surface area contributed by atoms with Crippen molar-refractivity contribution in [1.29, 1.82) is 5.26 Å². The van der Waals surface area contributed by atoms with Gasteiger partial charge in [-0.3, -0.25) is 4.90 Å². The van der Waals surface area contributed by atoms with Gasteiger partial charge in [0, 0.05) is 6.54 Å². The maximum absolute atomic E-state index is 8.99. The fourth-order valence-electron chi connectivity index (χ4n) is 2.85. The number of nitrogens with zero attached hydrogens (tertiary/aromatic N) is 2. The lowest BCUT2D eigenvalue weighted by molar-refractivity contribution is 0.173. The van der Waals surface area contributed by atoms with Gasteiger partial charge in [-0.25, -0.2) is 0 Å². The average molecular weight is 273 g/mol. The summed E-state index contributed by atoms with van der Waals surface area (Å²) < 4.78 is 5.26. The van der Waals surface area contributed by atoms with Crippen LogP contribution in [0.3, 0.4) is 0 Å². The van der Waals surface area contributed by atoms with Crippen LogP contribution in [0, 0.1) is 17.2 Å². The minimum atomic E-state index is 0.595. The van der Waals surface area contributed by atoms with Crippen molar-refractivity contribution in [2.45, 2.75) is 25.8 Å². The van der Waals surface area contributed by atoms with Crippen LogP contribution in [-0.2, 0) is 6.54 Å². The topological polar surface area (TPSA) is 62.3 Å². The minimum absolute atomic E-state index is 0.595. The molecular formula is C16H23N3O. The zero-order valence-electron chi connectivity index (χ0n) is 12.1. The van der Waals surface area contributed by atoms with Gasteiger partial charge >= 0.3 is 0 Å². The third-order valence-electron chi connectivity index (χ3n) is 4.07. The normalized spacial score (nSPS) is 16.9. The molecule has 1 saturated heterocycles. The molecule has 0 atom stereocenters. The molecule has 0 aromatic heterocycles. The van der Waals surface area contributed by atoms with E-state index in [1.54, 1.807) is 7.11 Å². The predicted molar refractivity (Wildman–Crippen MR) is 79.4 cm³/mol. The number of ether oxygens (including phenoxy) is 1. The van der Waals surface area contributed by atoms with Crippen molar-refractivity contribution >= 4 is 0 Å². The zero-order chi connectivity index (χ0) is 14.4. The molecule has 0 bridgehead atoms. The average Bonchev–Trinajstić information content (AvgIpc) is 2.49. The Labute approximate surface area is 121 Å². The third kappa shape index (κ3) is 3.72. The highest BCUT2D eigenvalue weighted by Gasteiger charge is 2.18. The number of nitriles is 1. The van der Waals surface area contributed by atoms with Gasteiger partial charge in [0.2, 0.25) is 0 Å². The molecule has 4 heteroatoms. The van der Waals surface area contributed by atoms with E-state index in [9.17, 15) is 0 Å². The third-order valence-corrected chi connectivity index (χ3v) is 4.07. The van der Waals surface area contributed by atoms with E-state index >= 15 is 0 Å². The molecular weight excluding hydrogens is 250 g/mol. The van der Waals surface area contributed by atoms with Gasteiger partial charge < -0.3 is 10.5 Å². The molecule has 2 rings (SSSR count). The van der Waals surface area contributed by atoms with Gasteiger partial charge in [0.25, 0.3) is 0 Å². The number of nitrogens with two attached hydrogens (primary N) is 1. The number of piperidine rings is 1. The monoisotopic (exact) mass is 273 g/mol. The van der Waals surface area contributed by atoms with E-state index in [0.29, 0.717) is 11.3 Å². The number of hydrogen-bond acceptors (Lipinski definition) is 4. The van der Waals surface area contributed by atoms with Gasteiger partial charge in [-0.2, -0.15) is 5.26 Å². The first-order chi connectivity index (χ1) is 9.76. The number of methoxy groups -OCH3 is 1. The molecule has 1 aliphatic rings. The lowest BCUT2D eigenvalue weighted by Gasteiger charge is -2.31. The number of likely N-dealkylation sites (tertiary alicyclic amines) is 1. The first kappa shape index (κ1) is 14.8. The van der Waals surface area contributed by atoms with Crippen LogP contribution in [-0.4, -0.2) is 31.6 Å². The lowest BCUT2D eigenvalue weighted by atomic mass is 9.93. The van der Waals surface area contributed by atoms with E-state index < -0.39 is 0 Å². The van der Waals surface area contributed by atoms with Crippen molar-refractivity contribution in [2.75, 3.05) is 26.7 Å². The zero-order valence-corrected chi connectivity index (χ0v) is 12.1. The van der Waals surface area contributed by atoms with Gasteiger partial charge in [-0.15, -0.1) is 0 Å². The molecule has 1 aromatic rings. The Morgan fingerprint density at radius 2 is 2.15 bits per heavy atom. The van der Waals surface area contributed by atoms with E-state index in [-0.39, 0.29) is 0 Å². The molecule has 1 aromatic carbocycles. The van der Waals surface area contributed by atoms with E-state index in [2.05, 4.69) is 11.0 Å². The van der Waals surface area contributed by atoms with Crippen LogP contribution in [0.25, 0.3) is 0 Å². The molecule has 0 radical (unpaired) electrons. The van der Waals surface area contributed by atoms with E-state index in [4.69, 9.17) is 15.7 Å². The summed E-state index contributed by atoms with van der Waals surface area (Å²) in [5, 5.41) is 8.99. The predicted octanol–water partition coefficient (Wildman–Crippen LogP) is 2.13. The molecule has 2 N–H and O–H groups in total. The summed E-state index contributed by atoms with van der Waals surface area (Å²) in [6, 6.07) is 7.99. The van der Waals surface area contributed by atoms with Crippen LogP contribution in [0.15, 0.2) is 18.2 Å². The highest BCUT2D eigenvalue weighted by Crippen LogP contribution is 2.24. The Hall–Kier alpha value is -1.57. The Morgan fingerprint density at radius 3 is 2.75 bits per heavy atom. The molecule has 0 unspecified atom stereocenters. The Kier molecular flexibility index (Phi) is 5.40. The second-order valence-corrected chi connectivity index (χ2v) is 5.44. The van der Waals surface area contributed by atoms with Gasteiger partial charge in [-0.05, 0) is 62.5 Å². The molecule has 20 heavy (non-hydrogen) atoms. The Morgan fingerprint density at radius 1 is 1.40 bits per heavy atom. The van der Waals surface area contributed by atoms with Crippen LogP contribution in [0.5, 0.6) is 5.75 Å². The fraction of sp³-hybridized carbons (Fsp3) is 0.562. The summed E-state index contributed by atoms with van der Waals surface area (Å²) in [6.45, 7) is 3.99. The molecule has 0 saturated carbocycles. The van der Waals surface area contributed by atoms with Crippen molar-refractivity contribution in [3.63, 3.8) is 0 Å². The summed E-state index contributed by atoms with van der Waals surface area (Å²) in [6.07, 6.45) is 3.63. The van der Waals surface area contributed by atoms with Crippen molar-refractivity contribution in [3.8, 4) is 11.8 Å². The van der Waals surface area contributed by atoms with Crippen molar-refractivity contribution in [1.82, 2.24) is 4.90 Å². The largest absolute Gasteiger partial charge is 0.495 e. The van der Waals surface area contributed by atoms with E-state index in [1.807, 2.05) is 18.2 Å². The maximum atomic E-state index is 8.99. The SMILES string of the molecule is COc1cc(CN2CCC(CCN)CC2)ccc1C#N. The second kappa shape index (κ2) is 7.28. The first-order valence-corrected chi connectivity index (χ1v) is 7.26. The van der Waals surface area contributed by atoms with Crippen molar-refractivity contribution in [2.24, 2.45) is 11.7 Å². The number of hydrogen-bond donors (Lipinski definition) is 1. The van der Waals surface area contributed by atoms with Crippen LogP contribution in [0.2, 0.25) is 0 Å². The summed E-state index contributed by atoms with van der Waals surface area (Å²) in [5.74, 6) is 1.47. The van der Waals surface area contributed by atoms with Crippen LogP contribution < -0.4 is 10.5 Å². The standard InChI is InChI=1S/C16H23N3O/c1-20-16-10-14(2-3-15(16)11-18)12-19-8-5-13(4-7-17)6-9-19/h2-3,10,13H,4-9,12,17H2,1H3. The van der Waals surface area contributed by atoms with Crippen LogP contribution in [0.4, 0.5) is 0 Å². The van der Waals surface area contributed by atoms with Gasteiger partial charge in [0.1, 0.15) is 11.8 Å². The van der Waals surface area contributed by atoms with Crippen molar-refractivity contribution < 1.29 is 4.74 Å². The lowest BCUT2D eigenvalue weighted by Crippen LogP contribution is -2.33. The molecule has 1 heterocycles. The Bertz CT molecular complexity index is 473. The molecule has 0 amide bonds. The molecule has 0 spiro atoms. The van der Waals surface area contributed by atoms with E-state index in [0.717, 1.165) is 38.5 Å². The summed E-state index contributed by atoms with van der Waals surface area (Å²) in [7, 11) is 1.61. The quantitative estimate of drug-likeness (QED) is 0.892. The summed E-state index contributed by atoms with van der Waals surface area (Å²) in [5.41, 5.74) is 7.42. The summed E-state index contributed by atoms with van der Waals surface area (Å²) >= 11 is 0. The molecule has 4 nitrogen and oxygen atoms in total. The first-order valence-electron chi connectivity index (χ1n) is 7.26. The van der Waals surface area contributed by atoms with E-state index in [1.165, 1.54) is 18.4 Å². The molecule has 1 fully saturated rings. The second-order valence-electron chi connectivity index (χ2n) is 5.44. The molecule has 1 aliphatic heterocycles. The summed E-state index contributed by atoms with van der Waals surface area (Å²) in [4.78, 5) is 2.47. The number of rotatable bonds is 5. The van der Waals surface area contributed by atoms with Gasteiger partial charge in [-0.1, -0.05) is 6.07 Å². The van der Waals surface area contributed by atoms with Gasteiger partial charge in [0.15, 0.2) is 0 Å². The van der Waals surface area contributed by atoms with Gasteiger partial charge in [0.05, 0.1) is 12.7 Å². The highest BCUT2D eigenvalue weighted by atomic mass is 16.5. The minimum Gasteiger partial charge on any atom is -0.495 e. The fourth-order valence-corrected chi connectivity index (χ4v) is 2.85. The Balaban J connectivity index is 1.93. The maximum Gasteiger partial charge on any atom is 0.136 e. The smallest absolute Gasteiger partial charge is 0.136 e. The number of benzene rings is 1. The molecule has 108 valence electrons. The highest BCUT2D eigenvalue weighted by molar-refractivity contribution is 5.45. The van der Waals surface area contributed by atoms with Crippen LogP contribution >= 0.6 is 0 Å².